The van der Waals surface area contributed by atoms with Crippen LogP contribution in [0.3, 0.4) is 0 Å². The number of aromatic nitrogens is 2. The fourth-order valence-electron chi connectivity index (χ4n) is 2.18. The first-order chi connectivity index (χ1) is 11.9. The minimum absolute atomic E-state index is 0.0213. The highest BCUT2D eigenvalue weighted by Gasteiger charge is 2.14. The summed E-state index contributed by atoms with van der Waals surface area (Å²) < 4.78 is 13.0. The predicted octanol–water partition coefficient (Wildman–Crippen LogP) is 4.03. The first kappa shape index (κ1) is 16.6. The van der Waals surface area contributed by atoms with Gasteiger partial charge in [0, 0.05) is 23.8 Å². The van der Waals surface area contributed by atoms with Gasteiger partial charge in [0.25, 0.3) is 11.6 Å². The maximum absolute atomic E-state index is 13.0. The number of non-ortho nitro benzene ring substituents is 1. The number of nitro benzene ring substituents is 1. The van der Waals surface area contributed by atoms with Gasteiger partial charge in [0.05, 0.1) is 21.2 Å². The number of aromatic amines is 1. The molecule has 0 bridgehead atoms. The van der Waals surface area contributed by atoms with E-state index >= 15 is 0 Å². The summed E-state index contributed by atoms with van der Waals surface area (Å²) in [5.74, 6) is -0.900. The van der Waals surface area contributed by atoms with Gasteiger partial charge in [-0.1, -0.05) is 23.7 Å². The van der Waals surface area contributed by atoms with Crippen molar-refractivity contribution in [2.75, 3.05) is 5.32 Å². The Morgan fingerprint density at radius 2 is 2.04 bits per heavy atom. The van der Waals surface area contributed by atoms with Gasteiger partial charge in [-0.3, -0.25) is 20.0 Å². The molecule has 0 unspecified atom stereocenters. The Morgan fingerprint density at radius 1 is 1.24 bits per heavy atom. The van der Waals surface area contributed by atoms with E-state index in [0.717, 1.165) is 12.1 Å². The van der Waals surface area contributed by atoms with Crippen LogP contribution in [0, 0.1) is 15.9 Å². The lowest BCUT2D eigenvalue weighted by Gasteiger charge is -2.03. The molecule has 9 heteroatoms. The van der Waals surface area contributed by atoms with Gasteiger partial charge in [-0.05, 0) is 18.2 Å². The van der Waals surface area contributed by atoms with Crippen LogP contribution in [0.4, 0.5) is 15.9 Å². The number of rotatable bonds is 4. The maximum atomic E-state index is 13.0. The highest BCUT2D eigenvalue weighted by Crippen LogP contribution is 2.24. The molecule has 0 aliphatic carbocycles. The first-order valence-corrected chi connectivity index (χ1v) is 7.38. The fraction of sp³-hybridized carbons (Fsp3) is 0. The standard InChI is InChI=1S/C16H10ClFN4O3/c17-13-7-10(18)4-5-12(13)16(23)19-15-8-14(20-21-15)9-2-1-3-11(6-9)22(24)25/h1-8H,(H2,19,20,21,23). The average Bonchev–Trinajstić information content (AvgIpc) is 3.03. The van der Waals surface area contributed by atoms with E-state index in [1.165, 1.54) is 24.3 Å². The van der Waals surface area contributed by atoms with E-state index in [0.29, 0.717) is 11.3 Å². The Bertz CT molecular complexity index is 974. The topological polar surface area (TPSA) is 101 Å². The summed E-state index contributed by atoms with van der Waals surface area (Å²) in [4.78, 5) is 22.5. The second-order valence-electron chi connectivity index (χ2n) is 5.05. The number of carbonyl (C=O) groups is 1. The molecular formula is C16H10ClFN4O3. The molecule has 25 heavy (non-hydrogen) atoms. The maximum Gasteiger partial charge on any atom is 0.270 e. The third-order valence-corrected chi connectivity index (χ3v) is 3.68. The molecule has 2 aromatic carbocycles. The Balaban J connectivity index is 1.81. The molecule has 3 aromatic rings. The molecule has 0 fully saturated rings. The molecule has 0 spiro atoms. The highest BCUT2D eigenvalue weighted by atomic mass is 35.5. The molecule has 7 nitrogen and oxygen atoms in total. The first-order valence-electron chi connectivity index (χ1n) is 7.00. The molecule has 126 valence electrons. The summed E-state index contributed by atoms with van der Waals surface area (Å²) in [5.41, 5.74) is 1.07. The Kier molecular flexibility index (Phi) is 4.44. The molecule has 1 aromatic heterocycles. The second kappa shape index (κ2) is 6.70. The monoisotopic (exact) mass is 360 g/mol. The summed E-state index contributed by atoms with van der Waals surface area (Å²) in [6.45, 7) is 0. The average molecular weight is 361 g/mol. The van der Waals surface area contributed by atoms with E-state index in [-0.39, 0.29) is 22.1 Å². The van der Waals surface area contributed by atoms with Crippen molar-refractivity contribution in [3.05, 3.63) is 75.0 Å². The number of H-pyrrole nitrogens is 1. The number of amides is 1. The number of nitrogens with zero attached hydrogens (tertiary/aromatic N) is 2. The summed E-state index contributed by atoms with van der Waals surface area (Å²) in [6, 6.07) is 10.9. The largest absolute Gasteiger partial charge is 0.305 e. The molecule has 0 atom stereocenters. The van der Waals surface area contributed by atoms with Crippen LogP contribution in [0.15, 0.2) is 48.5 Å². The molecule has 0 saturated heterocycles. The van der Waals surface area contributed by atoms with E-state index in [9.17, 15) is 19.3 Å². The van der Waals surface area contributed by atoms with E-state index in [2.05, 4.69) is 15.5 Å². The van der Waals surface area contributed by atoms with Gasteiger partial charge in [0.2, 0.25) is 0 Å². The third kappa shape index (κ3) is 3.64. The van der Waals surface area contributed by atoms with Crippen LogP contribution >= 0.6 is 11.6 Å². The quantitative estimate of drug-likeness (QED) is 0.541. The van der Waals surface area contributed by atoms with Crippen molar-refractivity contribution in [2.45, 2.75) is 0 Å². The zero-order valence-corrected chi connectivity index (χ0v) is 13.2. The van der Waals surface area contributed by atoms with Crippen LogP contribution in [0.25, 0.3) is 11.3 Å². The van der Waals surface area contributed by atoms with E-state index in [4.69, 9.17) is 11.6 Å². The van der Waals surface area contributed by atoms with Crippen LogP contribution in [0.5, 0.6) is 0 Å². The van der Waals surface area contributed by atoms with Crippen LogP contribution < -0.4 is 5.32 Å². The normalized spacial score (nSPS) is 10.5. The van der Waals surface area contributed by atoms with E-state index in [1.54, 1.807) is 12.1 Å². The van der Waals surface area contributed by atoms with Crippen molar-refractivity contribution >= 4 is 29.0 Å². The van der Waals surface area contributed by atoms with Crippen molar-refractivity contribution in [2.24, 2.45) is 0 Å². The minimum atomic E-state index is -0.554. The van der Waals surface area contributed by atoms with Crippen LogP contribution in [-0.4, -0.2) is 21.0 Å². The summed E-state index contributed by atoms with van der Waals surface area (Å²) in [6.07, 6.45) is 0. The van der Waals surface area contributed by atoms with Crippen molar-refractivity contribution in [3.63, 3.8) is 0 Å². The van der Waals surface area contributed by atoms with Gasteiger partial charge in [-0.15, -0.1) is 0 Å². The fourth-order valence-corrected chi connectivity index (χ4v) is 2.43. The van der Waals surface area contributed by atoms with E-state index in [1.807, 2.05) is 0 Å². The molecule has 2 N–H and O–H groups in total. The van der Waals surface area contributed by atoms with Gasteiger partial charge in [-0.2, -0.15) is 5.10 Å². The van der Waals surface area contributed by atoms with Crippen molar-refractivity contribution in [1.29, 1.82) is 0 Å². The zero-order chi connectivity index (χ0) is 18.0. The van der Waals surface area contributed by atoms with Crippen LogP contribution in [-0.2, 0) is 0 Å². The Hall–Kier alpha value is -3.26. The molecule has 1 amide bonds. The van der Waals surface area contributed by atoms with Crippen molar-refractivity contribution in [3.8, 4) is 11.3 Å². The molecule has 3 rings (SSSR count). The SMILES string of the molecule is O=C(Nc1cc(-c2cccc([N+](=O)[O-])c2)[nH]n1)c1ccc(F)cc1Cl. The molecule has 0 aliphatic heterocycles. The predicted molar refractivity (Wildman–Crippen MR) is 90.0 cm³/mol. The second-order valence-corrected chi connectivity index (χ2v) is 5.46. The van der Waals surface area contributed by atoms with Gasteiger partial charge in [0.15, 0.2) is 5.82 Å². The summed E-state index contributed by atoms with van der Waals surface area (Å²) in [5, 5.41) is 20.0. The summed E-state index contributed by atoms with van der Waals surface area (Å²) in [7, 11) is 0. The number of hydrogen-bond donors (Lipinski definition) is 2. The van der Waals surface area contributed by atoms with Gasteiger partial charge < -0.3 is 5.32 Å². The molecule has 0 radical (unpaired) electrons. The van der Waals surface area contributed by atoms with Gasteiger partial charge in [0.1, 0.15) is 5.82 Å². The number of carbonyl (C=O) groups excluding carboxylic acids is 1. The molecule has 0 saturated carbocycles. The lowest BCUT2D eigenvalue weighted by atomic mass is 10.1. The third-order valence-electron chi connectivity index (χ3n) is 3.36. The number of nitrogens with one attached hydrogen (secondary N) is 2. The number of benzene rings is 2. The van der Waals surface area contributed by atoms with Crippen molar-refractivity contribution < 1.29 is 14.1 Å². The minimum Gasteiger partial charge on any atom is -0.305 e. The van der Waals surface area contributed by atoms with Crippen molar-refractivity contribution in [1.82, 2.24) is 10.2 Å². The van der Waals surface area contributed by atoms with Gasteiger partial charge >= 0.3 is 0 Å². The summed E-state index contributed by atoms with van der Waals surface area (Å²) >= 11 is 5.85. The highest BCUT2D eigenvalue weighted by molar-refractivity contribution is 6.34. The molecule has 1 heterocycles. The zero-order valence-electron chi connectivity index (χ0n) is 12.5. The number of anilines is 1. The Morgan fingerprint density at radius 3 is 2.76 bits per heavy atom. The van der Waals surface area contributed by atoms with Crippen LogP contribution in [0.2, 0.25) is 5.02 Å². The van der Waals surface area contributed by atoms with E-state index < -0.39 is 16.6 Å². The lowest BCUT2D eigenvalue weighted by Crippen LogP contribution is -2.12. The number of halogens is 2. The molecule has 0 aliphatic rings. The Labute approximate surface area is 145 Å². The number of hydrogen-bond acceptors (Lipinski definition) is 4. The van der Waals surface area contributed by atoms with Crippen LogP contribution in [0.1, 0.15) is 10.4 Å². The smallest absolute Gasteiger partial charge is 0.270 e. The molecular weight excluding hydrogens is 351 g/mol. The number of nitro groups is 1. The van der Waals surface area contributed by atoms with Gasteiger partial charge in [-0.25, -0.2) is 4.39 Å². The lowest BCUT2D eigenvalue weighted by molar-refractivity contribution is -0.384.